The second-order valence-electron chi connectivity index (χ2n) is 7.58. The average molecular weight is 413 g/mol. The SMILES string of the molecule is O=C(CCC(=O)N1CCCC1Cc1cccc(F)c1)N1CCSc2ccccc21. The number of anilines is 1. The molecule has 0 radical (unpaired) electrons. The maximum atomic E-state index is 13.5. The molecule has 2 aromatic rings. The standard InChI is InChI=1S/C23H25FN2O2S/c24-18-6-3-5-17(15-18)16-19-7-4-12-25(19)22(27)10-11-23(28)26-13-14-29-21-9-2-1-8-20(21)26/h1-3,5-6,8-9,15,19H,4,7,10-14,16H2. The Bertz CT molecular complexity index is 904. The molecular formula is C23H25FN2O2S. The lowest BCUT2D eigenvalue weighted by Gasteiger charge is -2.29. The molecule has 2 aromatic carbocycles. The highest BCUT2D eigenvalue weighted by Gasteiger charge is 2.30. The van der Waals surface area contributed by atoms with Crippen molar-refractivity contribution in [1.29, 1.82) is 0 Å². The quantitative estimate of drug-likeness (QED) is 0.736. The number of rotatable bonds is 5. The summed E-state index contributed by atoms with van der Waals surface area (Å²) < 4.78 is 13.5. The number of carbonyl (C=O) groups excluding carboxylic acids is 2. The Morgan fingerprint density at radius 1 is 1.03 bits per heavy atom. The predicted molar refractivity (Wildman–Crippen MR) is 114 cm³/mol. The highest BCUT2D eigenvalue weighted by molar-refractivity contribution is 7.99. The first-order chi connectivity index (χ1) is 14.1. The number of nitrogens with zero attached hydrogens (tertiary/aromatic N) is 2. The smallest absolute Gasteiger partial charge is 0.227 e. The molecule has 0 N–H and O–H groups in total. The van der Waals surface area contributed by atoms with Crippen molar-refractivity contribution in [3.8, 4) is 0 Å². The number of hydrogen-bond acceptors (Lipinski definition) is 3. The van der Waals surface area contributed by atoms with Crippen LogP contribution in [0.2, 0.25) is 0 Å². The molecular weight excluding hydrogens is 387 g/mol. The first kappa shape index (κ1) is 20.0. The summed E-state index contributed by atoms with van der Waals surface area (Å²) in [4.78, 5) is 30.4. The summed E-state index contributed by atoms with van der Waals surface area (Å²) in [5, 5.41) is 0. The molecule has 29 heavy (non-hydrogen) atoms. The molecule has 1 fully saturated rings. The molecule has 1 saturated heterocycles. The molecule has 6 heteroatoms. The maximum Gasteiger partial charge on any atom is 0.227 e. The van der Waals surface area contributed by atoms with Gasteiger partial charge >= 0.3 is 0 Å². The lowest BCUT2D eigenvalue weighted by molar-refractivity contribution is -0.133. The molecule has 2 amide bonds. The fraction of sp³-hybridized carbons (Fsp3) is 0.391. The zero-order chi connectivity index (χ0) is 20.2. The number of amides is 2. The molecule has 0 aromatic heterocycles. The van der Waals surface area contributed by atoms with E-state index < -0.39 is 0 Å². The Morgan fingerprint density at radius 2 is 1.86 bits per heavy atom. The lowest BCUT2D eigenvalue weighted by Crippen LogP contribution is -2.39. The Morgan fingerprint density at radius 3 is 2.72 bits per heavy atom. The third kappa shape index (κ3) is 4.64. The minimum atomic E-state index is -0.246. The fourth-order valence-corrected chi connectivity index (χ4v) is 5.23. The summed E-state index contributed by atoms with van der Waals surface area (Å²) in [6.45, 7) is 1.40. The van der Waals surface area contributed by atoms with E-state index in [1.165, 1.54) is 12.1 Å². The topological polar surface area (TPSA) is 40.6 Å². The number of thioether (sulfide) groups is 1. The number of halogens is 1. The van der Waals surface area contributed by atoms with Crippen LogP contribution in [-0.2, 0) is 16.0 Å². The zero-order valence-corrected chi connectivity index (χ0v) is 17.2. The minimum absolute atomic E-state index is 0.00646. The molecule has 0 bridgehead atoms. The molecule has 0 aliphatic carbocycles. The van der Waals surface area contributed by atoms with Gasteiger partial charge in [-0.15, -0.1) is 11.8 Å². The molecule has 1 unspecified atom stereocenters. The number of carbonyl (C=O) groups is 2. The van der Waals surface area contributed by atoms with Crippen LogP contribution in [0.15, 0.2) is 53.4 Å². The molecule has 4 rings (SSSR count). The van der Waals surface area contributed by atoms with Crippen LogP contribution in [0.25, 0.3) is 0 Å². The molecule has 2 heterocycles. The van der Waals surface area contributed by atoms with E-state index in [9.17, 15) is 14.0 Å². The van der Waals surface area contributed by atoms with Crippen LogP contribution < -0.4 is 4.90 Å². The van der Waals surface area contributed by atoms with Gasteiger partial charge in [-0.05, 0) is 49.1 Å². The van der Waals surface area contributed by atoms with Gasteiger partial charge in [0, 0.05) is 42.6 Å². The zero-order valence-electron chi connectivity index (χ0n) is 16.4. The second kappa shape index (κ2) is 8.99. The Labute approximate surface area is 175 Å². The number of benzene rings is 2. The average Bonchev–Trinajstić information content (AvgIpc) is 3.19. The van der Waals surface area contributed by atoms with Crippen molar-refractivity contribution in [1.82, 2.24) is 4.90 Å². The van der Waals surface area contributed by atoms with Gasteiger partial charge in [0.05, 0.1) is 5.69 Å². The van der Waals surface area contributed by atoms with Gasteiger partial charge in [-0.1, -0.05) is 24.3 Å². The summed E-state index contributed by atoms with van der Waals surface area (Å²) in [6.07, 6.45) is 2.99. The van der Waals surface area contributed by atoms with Gasteiger partial charge in [0.25, 0.3) is 0 Å². The largest absolute Gasteiger partial charge is 0.339 e. The monoisotopic (exact) mass is 412 g/mol. The van der Waals surface area contributed by atoms with Crippen molar-refractivity contribution < 1.29 is 14.0 Å². The number of hydrogen-bond donors (Lipinski definition) is 0. The highest BCUT2D eigenvalue weighted by atomic mass is 32.2. The highest BCUT2D eigenvalue weighted by Crippen LogP contribution is 2.34. The van der Waals surface area contributed by atoms with Crippen LogP contribution in [0.3, 0.4) is 0 Å². The van der Waals surface area contributed by atoms with Crippen LogP contribution in [0.4, 0.5) is 10.1 Å². The third-order valence-corrected chi connectivity index (χ3v) is 6.68. The van der Waals surface area contributed by atoms with E-state index in [-0.39, 0.29) is 36.5 Å². The molecule has 4 nitrogen and oxygen atoms in total. The summed E-state index contributed by atoms with van der Waals surface area (Å²) in [6, 6.07) is 14.6. The first-order valence-electron chi connectivity index (χ1n) is 10.2. The number of fused-ring (bicyclic) bond motifs is 1. The number of para-hydroxylation sites is 1. The third-order valence-electron chi connectivity index (χ3n) is 5.64. The predicted octanol–water partition coefficient (Wildman–Crippen LogP) is 4.28. The van der Waals surface area contributed by atoms with Crippen LogP contribution >= 0.6 is 11.8 Å². The first-order valence-corrected chi connectivity index (χ1v) is 11.2. The summed E-state index contributed by atoms with van der Waals surface area (Å²) in [5.41, 5.74) is 1.86. The van der Waals surface area contributed by atoms with Crippen molar-refractivity contribution in [3.63, 3.8) is 0 Å². The van der Waals surface area contributed by atoms with Gasteiger partial charge in [0.2, 0.25) is 11.8 Å². The fourth-order valence-electron chi connectivity index (χ4n) is 4.23. The van der Waals surface area contributed by atoms with Crippen molar-refractivity contribution in [2.75, 3.05) is 23.7 Å². The van der Waals surface area contributed by atoms with Crippen molar-refractivity contribution >= 4 is 29.3 Å². The van der Waals surface area contributed by atoms with E-state index in [1.54, 1.807) is 17.8 Å². The van der Waals surface area contributed by atoms with Crippen LogP contribution in [0, 0.1) is 5.82 Å². The van der Waals surface area contributed by atoms with Gasteiger partial charge in [0.1, 0.15) is 5.82 Å². The van der Waals surface area contributed by atoms with Gasteiger partial charge in [0.15, 0.2) is 0 Å². The van der Waals surface area contributed by atoms with Gasteiger partial charge in [-0.25, -0.2) is 4.39 Å². The molecule has 152 valence electrons. The summed E-state index contributed by atoms with van der Waals surface area (Å²) >= 11 is 1.76. The Hall–Kier alpha value is -2.34. The van der Waals surface area contributed by atoms with E-state index >= 15 is 0 Å². The Balaban J connectivity index is 1.35. The van der Waals surface area contributed by atoms with Crippen LogP contribution in [-0.4, -0.2) is 41.6 Å². The molecule has 2 aliphatic rings. The molecule has 0 spiro atoms. The van der Waals surface area contributed by atoms with E-state index in [0.717, 1.165) is 41.3 Å². The second-order valence-corrected chi connectivity index (χ2v) is 8.72. The van der Waals surface area contributed by atoms with Gasteiger partial charge in [-0.2, -0.15) is 0 Å². The normalized spacial score (nSPS) is 18.6. The lowest BCUT2D eigenvalue weighted by atomic mass is 10.0. The Kier molecular flexibility index (Phi) is 6.19. The van der Waals surface area contributed by atoms with Crippen LogP contribution in [0.5, 0.6) is 0 Å². The maximum absolute atomic E-state index is 13.5. The van der Waals surface area contributed by atoms with E-state index in [0.29, 0.717) is 13.0 Å². The van der Waals surface area contributed by atoms with E-state index in [2.05, 4.69) is 0 Å². The van der Waals surface area contributed by atoms with Crippen LogP contribution in [0.1, 0.15) is 31.2 Å². The molecule has 0 saturated carbocycles. The van der Waals surface area contributed by atoms with Gasteiger partial charge < -0.3 is 9.80 Å². The molecule has 1 atom stereocenters. The van der Waals surface area contributed by atoms with Gasteiger partial charge in [-0.3, -0.25) is 9.59 Å². The number of likely N-dealkylation sites (tertiary alicyclic amines) is 1. The van der Waals surface area contributed by atoms with Crippen molar-refractivity contribution in [2.24, 2.45) is 0 Å². The minimum Gasteiger partial charge on any atom is -0.339 e. The van der Waals surface area contributed by atoms with E-state index in [4.69, 9.17) is 0 Å². The molecule has 2 aliphatic heterocycles. The van der Waals surface area contributed by atoms with Crippen molar-refractivity contribution in [3.05, 3.63) is 59.9 Å². The summed E-state index contributed by atoms with van der Waals surface area (Å²) in [7, 11) is 0. The van der Waals surface area contributed by atoms with E-state index in [1.807, 2.05) is 40.1 Å². The van der Waals surface area contributed by atoms with Crippen molar-refractivity contribution in [2.45, 2.75) is 43.0 Å². The summed E-state index contributed by atoms with van der Waals surface area (Å²) in [5.74, 6) is 0.659.